The lowest BCUT2D eigenvalue weighted by Gasteiger charge is -2.32. The van der Waals surface area contributed by atoms with E-state index in [1.807, 2.05) is 24.3 Å². The summed E-state index contributed by atoms with van der Waals surface area (Å²) in [5.74, 6) is 2.61. The highest BCUT2D eigenvalue weighted by atomic mass is 16.5. The number of hydrogen-bond acceptors (Lipinski definition) is 8. The average molecular weight is 474 g/mol. The molecule has 1 aromatic heterocycles. The lowest BCUT2D eigenvalue weighted by molar-refractivity contribution is 0.211. The zero-order valence-electron chi connectivity index (χ0n) is 20.4. The minimum Gasteiger partial charge on any atom is -0.497 e. The Kier molecular flexibility index (Phi) is 7.58. The van der Waals surface area contributed by atoms with Gasteiger partial charge in [-0.25, -0.2) is 0 Å². The van der Waals surface area contributed by atoms with Crippen molar-refractivity contribution in [2.24, 2.45) is 0 Å². The van der Waals surface area contributed by atoms with Gasteiger partial charge >= 0.3 is 0 Å². The van der Waals surface area contributed by atoms with Gasteiger partial charge in [-0.1, -0.05) is 43.2 Å². The maximum atomic E-state index is 5.26. The van der Waals surface area contributed by atoms with E-state index >= 15 is 0 Å². The third-order valence-corrected chi connectivity index (χ3v) is 6.84. The Morgan fingerprint density at radius 2 is 1.37 bits per heavy atom. The van der Waals surface area contributed by atoms with E-state index < -0.39 is 0 Å². The number of rotatable bonds is 9. The maximum Gasteiger partial charge on any atom is 0.233 e. The molecule has 0 atom stereocenters. The van der Waals surface area contributed by atoms with E-state index in [4.69, 9.17) is 14.7 Å². The molecular weight excluding hydrogens is 438 g/mol. The van der Waals surface area contributed by atoms with Gasteiger partial charge in [-0.3, -0.25) is 4.90 Å². The summed E-state index contributed by atoms with van der Waals surface area (Å²) >= 11 is 0. The van der Waals surface area contributed by atoms with Crippen LogP contribution in [0.4, 0.5) is 23.5 Å². The fraction of sp³-hybridized carbons (Fsp3) is 0.444. The lowest BCUT2D eigenvalue weighted by Crippen LogP contribution is -2.39. The van der Waals surface area contributed by atoms with Gasteiger partial charge in [-0.05, 0) is 55.5 Å². The Hall–Kier alpha value is -3.39. The number of nitrogens with one attached hydrogen (secondary N) is 3. The first kappa shape index (κ1) is 23.4. The summed E-state index contributed by atoms with van der Waals surface area (Å²) in [4.78, 5) is 16.6. The van der Waals surface area contributed by atoms with Gasteiger partial charge in [-0.2, -0.15) is 15.0 Å². The third-order valence-electron chi connectivity index (χ3n) is 6.84. The fourth-order valence-corrected chi connectivity index (χ4v) is 4.88. The summed E-state index contributed by atoms with van der Waals surface area (Å²) in [6.07, 6.45) is 6.96. The second-order valence-corrected chi connectivity index (χ2v) is 9.47. The van der Waals surface area contributed by atoms with E-state index in [-0.39, 0.29) is 0 Å². The molecule has 0 radical (unpaired) electrons. The molecule has 2 aliphatic rings. The van der Waals surface area contributed by atoms with Crippen LogP contribution in [0.15, 0.2) is 54.6 Å². The van der Waals surface area contributed by atoms with Crippen molar-refractivity contribution in [2.45, 2.75) is 57.2 Å². The van der Waals surface area contributed by atoms with Gasteiger partial charge < -0.3 is 20.7 Å². The highest BCUT2D eigenvalue weighted by Crippen LogP contribution is 2.24. The number of aromatic nitrogens is 3. The molecule has 2 aromatic carbocycles. The standard InChI is InChI=1S/C27H35N7O/c1-35-24-13-11-22(12-14-24)29-26-31-25(28-21-9-5-6-10-21)32-27(33-26)30-23-15-17-34(18-16-23)19-20-7-3-2-4-8-20/h2-4,7-8,11-14,21,23H,5-6,9-10,15-19H2,1H3,(H3,28,29,30,31,32,33). The molecule has 3 N–H and O–H groups in total. The topological polar surface area (TPSA) is 87.2 Å². The maximum absolute atomic E-state index is 5.26. The van der Waals surface area contributed by atoms with Crippen molar-refractivity contribution in [2.75, 3.05) is 36.1 Å². The Morgan fingerprint density at radius 3 is 2.00 bits per heavy atom. The molecule has 2 heterocycles. The number of nitrogens with zero attached hydrogens (tertiary/aromatic N) is 4. The van der Waals surface area contributed by atoms with Crippen LogP contribution >= 0.6 is 0 Å². The summed E-state index contributed by atoms with van der Waals surface area (Å²) < 4.78 is 5.26. The fourth-order valence-electron chi connectivity index (χ4n) is 4.88. The summed E-state index contributed by atoms with van der Waals surface area (Å²) in [5, 5.41) is 10.4. The van der Waals surface area contributed by atoms with Crippen molar-refractivity contribution >= 4 is 23.5 Å². The van der Waals surface area contributed by atoms with Crippen LogP contribution in [0, 0.1) is 0 Å². The van der Waals surface area contributed by atoms with Gasteiger partial charge in [0.25, 0.3) is 0 Å². The molecule has 0 amide bonds. The predicted molar refractivity (Wildman–Crippen MR) is 140 cm³/mol. The van der Waals surface area contributed by atoms with Crippen LogP contribution in [0.2, 0.25) is 0 Å². The van der Waals surface area contributed by atoms with E-state index in [9.17, 15) is 0 Å². The molecule has 2 fully saturated rings. The van der Waals surface area contributed by atoms with Gasteiger partial charge in [0.2, 0.25) is 17.8 Å². The first-order valence-corrected chi connectivity index (χ1v) is 12.7. The zero-order valence-corrected chi connectivity index (χ0v) is 20.4. The summed E-state index contributed by atoms with van der Waals surface area (Å²) in [6.45, 7) is 3.12. The lowest BCUT2D eigenvalue weighted by atomic mass is 10.0. The largest absolute Gasteiger partial charge is 0.497 e. The third kappa shape index (κ3) is 6.60. The van der Waals surface area contributed by atoms with E-state index in [1.54, 1.807) is 7.11 Å². The average Bonchev–Trinajstić information content (AvgIpc) is 3.39. The molecule has 184 valence electrons. The zero-order chi connectivity index (χ0) is 23.9. The molecule has 0 bridgehead atoms. The summed E-state index contributed by atoms with van der Waals surface area (Å²) in [7, 11) is 1.67. The van der Waals surface area contributed by atoms with Crippen molar-refractivity contribution in [3.63, 3.8) is 0 Å². The Bertz CT molecular complexity index is 1060. The number of hydrogen-bond donors (Lipinski definition) is 3. The van der Waals surface area contributed by atoms with Crippen molar-refractivity contribution in [3.05, 3.63) is 60.2 Å². The first-order valence-electron chi connectivity index (χ1n) is 12.7. The Labute approximate surface area is 207 Å². The van der Waals surface area contributed by atoms with Crippen molar-refractivity contribution in [1.82, 2.24) is 19.9 Å². The van der Waals surface area contributed by atoms with Crippen LogP contribution in [0.25, 0.3) is 0 Å². The van der Waals surface area contributed by atoms with Gasteiger partial charge in [0.1, 0.15) is 5.75 Å². The van der Waals surface area contributed by atoms with Crippen LogP contribution in [0.3, 0.4) is 0 Å². The molecule has 8 nitrogen and oxygen atoms in total. The van der Waals surface area contributed by atoms with Gasteiger partial charge in [-0.15, -0.1) is 0 Å². The van der Waals surface area contributed by atoms with Gasteiger partial charge in [0.15, 0.2) is 0 Å². The monoisotopic (exact) mass is 473 g/mol. The molecular formula is C27H35N7O. The minimum atomic E-state index is 0.345. The molecule has 1 aliphatic carbocycles. The highest BCUT2D eigenvalue weighted by molar-refractivity contribution is 5.56. The minimum absolute atomic E-state index is 0.345. The van der Waals surface area contributed by atoms with Crippen molar-refractivity contribution in [3.8, 4) is 5.75 Å². The van der Waals surface area contributed by atoms with Crippen LogP contribution < -0.4 is 20.7 Å². The smallest absolute Gasteiger partial charge is 0.233 e. The van der Waals surface area contributed by atoms with Crippen molar-refractivity contribution < 1.29 is 4.74 Å². The summed E-state index contributed by atoms with van der Waals surface area (Å²) in [6, 6.07) is 19.2. The molecule has 5 rings (SSSR count). The number of anilines is 4. The quantitative estimate of drug-likeness (QED) is 0.398. The predicted octanol–water partition coefficient (Wildman–Crippen LogP) is 5.05. The normalized spacial score (nSPS) is 17.3. The molecule has 8 heteroatoms. The highest BCUT2D eigenvalue weighted by Gasteiger charge is 2.21. The SMILES string of the molecule is COc1ccc(Nc2nc(NC3CCCC3)nc(NC3CCN(Cc4ccccc4)CC3)n2)cc1. The molecule has 3 aromatic rings. The van der Waals surface area contributed by atoms with E-state index in [0.29, 0.717) is 29.9 Å². The van der Waals surface area contributed by atoms with Crippen LogP contribution in [-0.2, 0) is 6.54 Å². The van der Waals surface area contributed by atoms with Crippen molar-refractivity contribution in [1.29, 1.82) is 0 Å². The van der Waals surface area contributed by atoms with E-state index in [0.717, 1.165) is 56.8 Å². The van der Waals surface area contributed by atoms with Crippen LogP contribution in [0.1, 0.15) is 44.1 Å². The molecule has 0 spiro atoms. The molecule has 0 unspecified atom stereocenters. The first-order chi connectivity index (χ1) is 17.2. The molecule has 35 heavy (non-hydrogen) atoms. The number of methoxy groups -OCH3 is 1. The molecule has 1 aliphatic heterocycles. The Morgan fingerprint density at radius 1 is 0.771 bits per heavy atom. The van der Waals surface area contributed by atoms with Crippen LogP contribution in [-0.4, -0.2) is 52.1 Å². The van der Waals surface area contributed by atoms with Crippen LogP contribution in [0.5, 0.6) is 5.75 Å². The second-order valence-electron chi connectivity index (χ2n) is 9.47. The number of ether oxygens (including phenoxy) is 1. The summed E-state index contributed by atoms with van der Waals surface area (Å²) in [5.41, 5.74) is 2.28. The second kappa shape index (κ2) is 11.4. The van der Waals surface area contributed by atoms with Gasteiger partial charge in [0, 0.05) is 37.4 Å². The van der Waals surface area contributed by atoms with E-state index in [2.05, 4.69) is 56.2 Å². The van der Waals surface area contributed by atoms with Gasteiger partial charge in [0.05, 0.1) is 7.11 Å². The molecule has 1 saturated carbocycles. The van der Waals surface area contributed by atoms with E-state index in [1.165, 1.54) is 18.4 Å². The molecule has 1 saturated heterocycles. The number of piperidine rings is 1. The Balaban J connectivity index is 1.24. The number of benzene rings is 2. The number of likely N-dealkylation sites (tertiary alicyclic amines) is 1.